The average Bonchev–Trinajstić information content (AvgIpc) is 2.77. The molecule has 29 heavy (non-hydrogen) atoms. The van der Waals surface area contributed by atoms with Crippen molar-refractivity contribution in [1.29, 1.82) is 0 Å². The van der Waals surface area contributed by atoms with Crippen molar-refractivity contribution in [3.63, 3.8) is 0 Å². The number of hydrogen-bond donors (Lipinski definition) is 2. The molecule has 1 aliphatic rings. The van der Waals surface area contributed by atoms with Crippen LogP contribution in [-0.4, -0.2) is 36.9 Å². The van der Waals surface area contributed by atoms with Gasteiger partial charge in [0.1, 0.15) is 5.75 Å². The third-order valence-electron chi connectivity index (χ3n) is 5.22. The Bertz CT molecular complexity index is 801. The summed E-state index contributed by atoms with van der Waals surface area (Å²) in [5.41, 5.74) is 8.30. The standard InChI is InChI=1S/C22H27N3O3.ClH/c1-28-20-8-4-17(5-9-20)15-24-21(26)18-10-12-25(13-11-18)22(27)19-6-2-16(14-23)3-7-19;/h2-9,18H,10-15,23H2,1H3,(H,24,26);1H. The van der Waals surface area contributed by atoms with Crippen molar-refractivity contribution >= 4 is 24.2 Å². The zero-order valence-corrected chi connectivity index (χ0v) is 17.4. The molecule has 0 bridgehead atoms. The van der Waals surface area contributed by atoms with Gasteiger partial charge in [-0.05, 0) is 48.2 Å². The molecule has 3 rings (SSSR count). The highest BCUT2D eigenvalue weighted by molar-refractivity contribution is 5.94. The van der Waals surface area contributed by atoms with Gasteiger partial charge in [0, 0.05) is 37.7 Å². The fourth-order valence-electron chi connectivity index (χ4n) is 3.39. The maximum atomic E-state index is 12.6. The summed E-state index contributed by atoms with van der Waals surface area (Å²) in [6, 6.07) is 15.0. The second kappa shape index (κ2) is 10.8. The quantitative estimate of drug-likeness (QED) is 0.756. The van der Waals surface area contributed by atoms with Crippen LogP contribution in [0.3, 0.4) is 0 Å². The molecule has 1 saturated heterocycles. The number of nitrogens with zero attached hydrogens (tertiary/aromatic N) is 1. The number of rotatable bonds is 6. The highest BCUT2D eigenvalue weighted by atomic mass is 35.5. The van der Waals surface area contributed by atoms with Gasteiger partial charge >= 0.3 is 0 Å². The molecule has 2 amide bonds. The van der Waals surface area contributed by atoms with Gasteiger partial charge in [-0.25, -0.2) is 0 Å². The largest absolute Gasteiger partial charge is 0.497 e. The maximum Gasteiger partial charge on any atom is 0.253 e. The number of hydrogen-bond acceptors (Lipinski definition) is 4. The van der Waals surface area contributed by atoms with Crippen LogP contribution >= 0.6 is 12.4 Å². The molecule has 0 saturated carbocycles. The molecule has 1 heterocycles. The van der Waals surface area contributed by atoms with Crippen molar-refractivity contribution in [2.75, 3.05) is 20.2 Å². The van der Waals surface area contributed by atoms with Crippen molar-refractivity contribution in [3.05, 3.63) is 65.2 Å². The van der Waals surface area contributed by atoms with E-state index in [4.69, 9.17) is 10.5 Å². The molecule has 156 valence electrons. The van der Waals surface area contributed by atoms with Crippen LogP contribution in [0.15, 0.2) is 48.5 Å². The minimum absolute atomic E-state index is 0. The zero-order valence-electron chi connectivity index (χ0n) is 16.6. The Balaban J connectivity index is 0.00000300. The lowest BCUT2D eigenvalue weighted by atomic mass is 9.95. The molecule has 2 aromatic carbocycles. The van der Waals surface area contributed by atoms with Crippen LogP contribution in [0.1, 0.15) is 34.3 Å². The number of amides is 2. The fraction of sp³-hybridized carbons (Fsp3) is 0.364. The van der Waals surface area contributed by atoms with Crippen molar-refractivity contribution in [2.45, 2.75) is 25.9 Å². The Morgan fingerprint density at radius 2 is 1.62 bits per heavy atom. The summed E-state index contributed by atoms with van der Waals surface area (Å²) in [5.74, 6) is 0.808. The minimum Gasteiger partial charge on any atom is -0.497 e. The van der Waals surface area contributed by atoms with Crippen LogP contribution < -0.4 is 15.8 Å². The van der Waals surface area contributed by atoms with E-state index in [-0.39, 0.29) is 30.1 Å². The number of carbonyl (C=O) groups is 2. The first-order valence-electron chi connectivity index (χ1n) is 9.59. The number of likely N-dealkylation sites (tertiary alicyclic amines) is 1. The molecule has 0 aliphatic carbocycles. The van der Waals surface area contributed by atoms with E-state index in [9.17, 15) is 9.59 Å². The Morgan fingerprint density at radius 1 is 1.03 bits per heavy atom. The first-order valence-corrected chi connectivity index (χ1v) is 9.59. The number of halogens is 1. The minimum atomic E-state index is -0.0538. The van der Waals surface area contributed by atoms with Crippen molar-refractivity contribution in [3.8, 4) is 5.75 Å². The molecule has 1 fully saturated rings. The molecular formula is C22H28ClN3O3. The summed E-state index contributed by atoms with van der Waals surface area (Å²) < 4.78 is 5.14. The maximum absolute atomic E-state index is 12.6. The number of benzene rings is 2. The number of ether oxygens (including phenoxy) is 1. The van der Waals surface area contributed by atoms with Gasteiger partial charge in [0.05, 0.1) is 7.11 Å². The molecular weight excluding hydrogens is 390 g/mol. The summed E-state index contributed by atoms with van der Waals surface area (Å²) in [6.07, 6.45) is 1.36. The summed E-state index contributed by atoms with van der Waals surface area (Å²) in [5, 5.41) is 3.00. The summed E-state index contributed by atoms with van der Waals surface area (Å²) in [7, 11) is 1.63. The highest BCUT2D eigenvalue weighted by Crippen LogP contribution is 2.20. The van der Waals surface area contributed by atoms with E-state index in [0.29, 0.717) is 44.6 Å². The van der Waals surface area contributed by atoms with Gasteiger partial charge in [0.15, 0.2) is 0 Å². The van der Waals surface area contributed by atoms with Gasteiger partial charge in [0.25, 0.3) is 5.91 Å². The predicted octanol–water partition coefficient (Wildman–Crippen LogP) is 2.74. The van der Waals surface area contributed by atoms with Crippen molar-refractivity contribution < 1.29 is 14.3 Å². The zero-order chi connectivity index (χ0) is 19.9. The molecule has 7 heteroatoms. The van der Waals surface area contributed by atoms with Gasteiger partial charge < -0.3 is 20.7 Å². The molecule has 0 atom stereocenters. The van der Waals surface area contributed by atoms with Crippen molar-refractivity contribution in [1.82, 2.24) is 10.2 Å². The van der Waals surface area contributed by atoms with E-state index in [1.54, 1.807) is 7.11 Å². The van der Waals surface area contributed by atoms with Gasteiger partial charge in [-0.1, -0.05) is 24.3 Å². The Hall–Kier alpha value is -2.57. The second-order valence-corrected chi connectivity index (χ2v) is 7.03. The molecule has 2 aromatic rings. The van der Waals surface area contributed by atoms with Crippen LogP contribution in [0, 0.1) is 5.92 Å². The highest BCUT2D eigenvalue weighted by Gasteiger charge is 2.27. The Labute approximate surface area is 177 Å². The lowest BCUT2D eigenvalue weighted by Crippen LogP contribution is -2.42. The number of piperidine rings is 1. The summed E-state index contributed by atoms with van der Waals surface area (Å²) >= 11 is 0. The lowest BCUT2D eigenvalue weighted by Gasteiger charge is -2.31. The Kier molecular flexibility index (Phi) is 8.49. The van der Waals surface area contributed by atoms with Crippen LogP contribution in [0.4, 0.5) is 0 Å². The topological polar surface area (TPSA) is 84.7 Å². The smallest absolute Gasteiger partial charge is 0.253 e. The predicted molar refractivity (Wildman–Crippen MR) is 115 cm³/mol. The fourth-order valence-corrected chi connectivity index (χ4v) is 3.39. The molecule has 6 nitrogen and oxygen atoms in total. The van der Waals surface area contributed by atoms with E-state index < -0.39 is 0 Å². The van der Waals surface area contributed by atoms with E-state index in [1.165, 1.54) is 0 Å². The third kappa shape index (κ3) is 5.95. The van der Waals surface area contributed by atoms with E-state index in [2.05, 4.69) is 5.32 Å². The molecule has 3 N–H and O–H groups in total. The van der Waals surface area contributed by atoms with Crippen molar-refractivity contribution in [2.24, 2.45) is 11.7 Å². The first-order chi connectivity index (χ1) is 13.6. The number of nitrogens with one attached hydrogen (secondary N) is 1. The van der Waals surface area contributed by atoms with Crippen LogP contribution in [0.2, 0.25) is 0 Å². The third-order valence-corrected chi connectivity index (χ3v) is 5.22. The van der Waals surface area contributed by atoms with Crippen LogP contribution in [0.25, 0.3) is 0 Å². The average molecular weight is 418 g/mol. The van der Waals surface area contributed by atoms with Gasteiger partial charge in [0.2, 0.25) is 5.91 Å². The molecule has 1 aliphatic heterocycles. The van der Waals surface area contributed by atoms with Gasteiger partial charge in [-0.3, -0.25) is 9.59 Å². The molecule has 0 unspecified atom stereocenters. The molecule has 0 spiro atoms. The first kappa shape index (κ1) is 22.7. The number of nitrogens with two attached hydrogens (primary N) is 1. The van der Waals surface area contributed by atoms with E-state index >= 15 is 0 Å². The number of methoxy groups -OCH3 is 1. The van der Waals surface area contributed by atoms with Gasteiger partial charge in [-0.15, -0.1) is 12.4 Å². The summed E-state index contributed by atoms with van der Waals surface area (Å²) in [4.78, 5) is 26.9. The lowest BCUT2D eigenvalue weighted by molar-refractivity contribution is -0.126. The molecule has 0 aromatic heterocycles. The summed E-state index contributed by atoms with van der Waals surface area (Å²) in [6.45, 7) is 2.15. The van der Waals surface area contributed by atoms with E-state index in [0.717, 1.165) is 16.9 Å². The second-order valence-electron chi connectivity index (χ2n) is 7.03. The van der Waals surface area contributed by atoms with Gasteiger partial charge in [-0.2, -0.15) is 0 Å². The van der Waals surface area contributed by atoms with Crippen LogP contribution in [0.5, 0.6) is 5.75 Å². The normalized spacial score (nSPS) is 14.1. The van der Waals surface area contributed by atoms with E-state index in [1.807, 2.05) is 53.4 Å². The Morgan fingerprint density at radius 3 is 2.17 bits per heavy atom. The number of carbonyl (C=O) groups excluding carboxylic acids is 2. The SMILES string of the molecule is COc1ccc(CNC(=O)C2CCN(C(=O)c3ccc(CN)cc3)CC2)cc1.Cl. The monoisotopic (exact) mass is 417 g/mol. The van der Waals surface area contributed by atoms with Crippen LogP contribution in [-0.2, 0) is 17.9 Å². The molecule has 0 radical (unpaired) electrons.